The fourth-order valence-corrected chi connectivity index (χ4v) is 10.4. The van der Waals surface area contributed by atoms with Crippen LogP contribution in [0.5, 0.6) is 17.2 Å². The van der Waals surface area contributed by atoms with Gasteiger partial charge in [0.05, 0.1) is 18.1 Å². The number of aromatic nitrogens is 2. The topological polar surface area (TPSA) is 168 Å². The molecule has 2 aromatic heterocycles. The lowest BCUT2D eigenvalue weighted by Crippen LogP contribution is -2.37. The van der Waals surface area contributed by atoms with E-state index in [4.69, 9.17) is 4.74 Å². The van der Waals surface area contributed by atoms with Crippen molar-refractivity contribution in [3.63, 3.8) is 0 Å². The summed E-state index contributed by atoms with van der Waals surface area (Å²) in [5.41, 5.74) is 8.91. The highest BCUT2D eigenvalue weighted by atomic mass is 16.5. The Morgan fingerprint density at radius 2 is 1.66 bits per heavy atom. The third-order valence-electron chi connectivity index (χ3n) is 13.7. The summed E-state index contributed by atoms with van der Waals surface area (Å²) in [6.45, 7) is 0.418. The molecule has 0 radical (unpaired) electrons. The van der Waals surface area contributed by atoms with Crippen LogP contribution in [0.1, 0.15) is 119 Å². The van der Waals surface area contributed by atoms with Gasteiger partial charge in [-0.3, -0.25) is 9.59 Å². The molecule has 7 N–H and O–H groups in total. The molecule has 1 saturated carbocycles. The molecule has 1 fully saturated rings. The number of Topliss-reactive ketones (excluding diaryl/α,β-unsaturated/α-hetero) is 2. The first kappa shape index (κ1) is 41.5. The van der Waals surface area contributed by atoms with Crippen LogP contribution in [0.25, 0.3) is 12.2 Å². The quantitative estimate of drug-likeness (QED) is 0.0800. The number of ether oxygens (including phenoxy) is 1. The molecule has 9 rings (SSSR count). The maximum Gasteiger partial charge on any atom is 0.161 e. The van der Waals surface area contributed by atoms with Crippen molar-refractivity contribution < 1.29 is 34.8 Å². The molecule has 3 aliphatic carbocycles. The standard InChI is InChI=1S/C52H57N3O7/c56-22-4-6-34-12-10-32-23-37(34)27-36-16-20-54-51(36)55-31-39-28-45-43(17-21-53-45)44(30-52(61)18-14-35-5-3-9-46(58)42(35)15-19-52)49(39)47(59)29-40(57)13-11-33-25-38(24-32)50(60)48(26-33)62-41-7-1-2-8-41/h3,5,9-10,12,15-17,19-21,23,25-26,28,41,44,49,53-56,58,60-61H,1-2,4,6-8,11,13-14,18,22,24,27,29-31H2/t44-,49-,52-/m1/s1. The van der Waals surface area contributed by atoms with Gasteiger partial charge in [0, 0.05) is 73.5 Å². The summed E-state index contributed by atoms with van der Waals surface area (Å²) in [5, 5.41) is 48.1. The maximum atomic E-state index is 14.9. The van der Waals surface area contributed by atoms with Gasteiger partial charge in [0.1, 0.15) is 23.1 Å². The molecule has 322 valence electrons. The number of aliphatic hydroxyl groups excluding tert-OH is 1. The van der Waals surface area contributed by atoms with Crippen molar-refractivity contribution >= 4 is 29.5 Å². The zero-order chi connectivity index (χ0) is 42.8. The van der Waals surface area contributed by atoms with E-state index >= 15 is 0 Å². The number of aromatic hydroxyl groups is 2. The number of H-pyrrole nitrogens is 2. The Balaban J connectivity index is 1.09. The van der Waals surface area contributed by atoms with E-state index in [2.05, 4.69) is 39.6 Å². The van der Waals surface area contributed by atoms with Gasteiger partial charge in [-0.15, -0.1) is 0 Å². The van der Waals surface area contributed by atoms with E-state index in [0.29, 0.717) is 56.4 Å². The minimum absolute atomic E-state index is 0.0274. The molecule has 4 bridgehead atoms. The van der Waals surface area contributed by atoms with E-state index in [9.17, 15) is 30.0 Å². The highest BCUT2D eigenvalue weighted by Crippen LogP contribution is 2.46. The van der Waals surface area contributed by atoms with E-state index in [1.807, 2.05) is 48.8 Å². The number of aryl methyl sites for hydroxylation is 3. The number of fused-ring (bicyclic) bond motifs is 8. The predicted molar refractivity (Wildman–Crippen MR) is 241 cm³/mol. The van der Waals surface area contributed by atoms with Crippen LogP contribution < -0.4 is 10.1 Å². The SMILES string of the molecule is O=C1CCc2cc(c(O)c(OC3CCCC3)c2)Cc2ccc(CCCO)c(c2)Cc2cc[nH]c2NCC2=Cc3[nH]ccc3[C@@H](C[C@]3(O)C=Cc4c(O)cccc4CC3)[C@@H]2C(=O)C1. The number of nitrogens with one attached hydrogen (secondary N) is 3. The number of hydrogen-bond donors (Lipinski definition) is 7. The van der Waals surface area contributed by atoms with Gasteiger partial charge in [0.15, 0.2) is 11.5 Å². The Bertz CT molecular complexity index is 2520. The van der Waals surface area contributed by atoms with Crippen molar-refractivity contribution in [3.8, 4) is 17.2 Å². The summed E-state index contributed by atoms with van der Waals surface area (Å²) in [6.07, 6.45) is 17.3. The lowest BCUT2D eigenvalue weighted by atomic mass is 9.68. The molecule has 10 heteroatoms. The van der Waals surface area contributed by atoms with Crippen LogP contribution in [-0.4, -0.2) is 66.8 Å². The smallest absolute Gasteiger partial charge is 0.161 e. The van der Waals surface area contributed by atoms with Gasteiger partial charge in [-0.25, -0.2) is 0 Å². The van der Waals surface area contributed by atoms with E-state index in [0.717, 1.165) is 93.7 Å². The van der Waals surface area contributed by atoms with E-state index < -0.39 is 17.4 Å². The number of anilines is 1. The number of aliphatic hydroxyl groups is 2. The van der Waals surface area contributed by atoms with E-state index in [1.165, 1.54) is 0 Å². The van der Waals surface area contributed by atoms with Gasteiger partial charge in [0.25, 0.3) is 0 Å². The van der Waals surface area contributed by atoms with Gasteiger partial charge in [-0.05, 0) is 139 Å². The van der Waals surface area contributed by atoms with Crippen LogP contribution >= 0.6 is 0 Å². The van der Waals surface area contributed by atoms with Crippen molar-refractivity contribution in [2.45, 2.75) is 108 Å². The number of carbonyl (C=O) groups excluding carboxylic acids is 2. The average Bonchev–Trinajstić information content (AvgIpc) is 4.03. The van der Waals surface area contributed by atoms with Crippen molar-refractivity contribution in [1.82, 2.24) is 9.97 Å². The molecule has 3 heterocycles. The van der Waals surface area contributed by atoms with Crippen molar-refractivity contribution in [3.05, 3.63) is 140 Å². The molecule has 3 atom stereocenters. The molecule has 0 amide bonds. The second kappa shape index (κ2) is 17.9. The Morgan fingerprint density at radius 1 is 0.823 bits per heavy atom. The molecule has 4 aliphatic rings. The molecule has 5 aromatic rings. The van der Waals surface area contributed by atoms with Crippen LogP contribution in [0.3, 0.4) is 0 Å². The zero-order valence-corrected chi connectivity index (χ0v) is 35.2. The second-order valence-corrected chi connectivity index (χ2v) is 18.0. The van der Waals surface area contributed by atoms with Crippen LogP contribution in [0.2, 0.25) is 0 Å². The first-order valence-corrected chi connectivity index (χ1v) is 22.4. The molecule has 1 aliphatic heterocycles. The monoisotopic (exact) mass is 835 g/mol. The third-order valence-corrected chi connectivity index (χ3v) is 13.7. The highest BCUT2D eigenvalue weighted by Gasteiger charge is 2.42. The summed E-state index contributed by atoms with van der Waals surface area (Å²) < 4.78 is 6.43. The fraction of sp³-hybridized carbons (Fsp3) is 0.385. The van der Waals surface area contributed by atoms with E-state index in [1.54, 1.807) is 18.2 Å². The molecular formula is C52H57N3O7. The molecular weight excluding hydrogens is 779 g/mol. The normalized spacial score (nSPS) is 21.9. The first-order chi connectivity index (χ1) is 30.1. The van der Waals surface area contributed by atoms with Crippen molar-refractivity contribution in [2.24, 2.45) is 5.92 Å². The number of hydrogen-bond acceptors (Lipinski definition) is 8. The number of ketones is 2. The lowest BCUT2D eigenvalue weighted by Gasteiger charge is -2.37. The molecule has 0 saturated heterocycles. The number of benzene rings is 3. The summed E-state index contributed by atoms with van der Waals surface area (Å²) in [4.78, 5) is 35.6. The third kappa shape index (κ3) is 8.90. The van der Waals surface area contributed by atoms with E-state index in [-0.39, 0.29) is 55.0 Å². The fourth-order valence-electron chi connectivity index (χ4n) is 10.4. The lowest BCUT2D eigenvalue weighted by molar-refractivity contribution is -0.129. The largest absolute Gasteiger partial charge is 0.507 e. The van der Waals surface area contributed by atoms with Crippen LogP contribution in [0.15, 0.2) is 84.7 Å². The van der Waals surface area contributed by atoms with Crippen LogP contribution in [0, 0.1) is 5.92 Å². The summed E-state index contributed by atoms with van der Waals surface area (Å²) in [5.74, 6) is 0.0545. The highest BCUT2D eigenvalue weighted by molar-refractivity contribution is 6.02. The Kier molecular flexibility index (Phi) is 12.0. The minimum atomic E-state index is -1.29. The Morgan fingerprint density at radius 3 is 2.52 bits per heavy atom. The van der Waals surface area contributed by atoms with Gasteiger partial charge in [-0.2, -0.15) is 0 Å². The number of carbonyl (C=O) groups is 2. The molecule has 0 spiro atoms. The van der Waals surface area contributed by atoms with Crippen molar-refractivity contribution in [1.29, 1.82) is 0 Å². The number of aromatic amines is 2. The van der Waals surface area contributed by atoms with Gasteiger partial charge < -0.3 is 40.4 Å². The van der Waals surface area contributed by atoms with Gasteiger partial charge in [-0.1, -0.05) is 48.6 Å². The molecule has 62 heavy (non-hydrogen) atoms. The molecule has 10 nitrogen and oxygen atoms in total. The van der Waals surface area contributed by atoms with Crippen molar-refractivity contribution in [2.75, 3.05) is 18.5 Å². The summed E-state index contributed by atoms with van der Waals surface area (Å²) in [7, 11) is 0. The minimum Gasteiger partial charge on any atom is -0.507 e. The number of phenols is 2. The average molecular weight is 836 g/mol. The van der Waals surface area contributed by atoms with Crippen LogP contribution in [-0.2, 0) is 41.7 Å². The predicted octanol–water partition coefficient (Wildman–Crippen LogP) is 8.65. The summed E-state index contributed by atoms with van der Waals surface area (Å²) in [6, 6.07) is 19.7. The number of rotatable bonds is 7. The Labute approximate surface area is 362 Å². The Hall–Kier alpha value is -5.84. The zero-order valence-electron chi connectivity index (χ0n) is 35.2. The van der Waals surface area contributed by atoms with Gasteiger partial charge in [0.2, 0.25) is 0 Å². The van der Waals surface area contributed by atoms with Gasteiger partial charge >= 0.3 is 0 Å². The number of phenolic OH excluding ortho intramolecular Hbond substituents is 2. The molecule has 3 aromatic carbocycles. The first-order valence-electron chi connectivity index (χ1n) is 22.4. The maximum absolute atomic E-state index is 14.9. The summed E-state index contributed by atoms with van der Waals surface area (Å²) >= 11 is 0. The van der Waals surface area contributed by atoms with Crippen LogP contribution in [0.4, 0.5) is 5.82 Å². The molecule has 0 unspecified atom stereocenters. The second-order valence-electron chi connectivity index (χ2n) is 18.0.